The van der Waals surface area contributed by atoms with Crippen molar-refractivity contribution in [3.63, 3.8) is 0 Å². The number of rotatable bonds is 8. The normalized spacial score (nSPS) is 38.3. The average molecular weight is 417 g/mol. The second-order valence-electron chi connectivity index (χ2n) is 7.68. The molecule has 1 aliphatic carbocycles. The third-order valence-corrected chi connectivity index (χ3v) is 5.69. The van der Waals surface area contributed by atoms with Crippen LogP contribution in [0.3, 0.4) is 0 Å². The van der Waals surface area contributed by atoms with Gasteiger partial charge in [0.15, 0.2) is 6.29 Å². The predicted molar refractivity (Wildman–Crippen MR) is 108 cm³/mol. The van der Waals surface area contributed by atoms with Gasteiger partial charge in [-0.3, -0.25) is 9.79 Å². The second-order valence-corrected chi connectivity index (χ2v) is 7.68. The number of methoxy groups -OCH3 is 1. The fraction of sp³-hybridized carbons (Fsp3) is 0.889. The van der Waals surface area contributed by atoms with E-state index in [0.717, 1.165) is 19.2 Å². The van der Waals surface area contributed by atoms with E-state index in [9.17, 15) is 9.90 Å². The molecule has 11 nitrogen and oxygen atoms in total. The van der Waals surface area contributed by atoms with E-state index in [4.69, 9.17) is 31.4 Å². The van der Waals surface area contributed by atoms with Crippen molar-refractivity contribution in [2.45, 2.75) is 68.1 Å². The van der Waals surface area contributed by atoms with Crippen molar-refractivity contribution in [3.8, 4) is 0 Å². The van der Waals surface area contributed by atoms with Crippen molar-refractivity contribution in [2.24, 2.45) is 22.2 Å². The number of nitrogens with two attached hydrogens (primary N) is 3. The average Bonchev–Trinajstić information content (AvgIpc) is 2.70. The Hall–Kier alpha value is -1.34. The Morgan fingerprint density at radius 1 is 1.38 bits per heavy atom. The van der Waals surface area contributed by atoms with Crippen LogP contribution in [0.1, 0.15) is 19.3 Å². The molecule has 1 saturated heterocycles. The van der Waals surface area contributed by atoms with Gasteiger partial charge < -0.3 is 46.7 Å². The monoisotopic (exact) mass is 416 g/mol. The van der Waals surface area contributed by atoms with Crippen molar-refractivity contribution < 1.29 is 24.1 Å². The van der Waals surface area contributed by atoms with Gasteiger partial charge in [-0.15, -0.1) is 0 Å². The van der Waals surface area contributed by atoms with E-state index in [-0.39, 0.29) is 24.6 Å². The Bertz CT molecular complexity index is 553. The smallest absolute Gasteiger partial charge is 0.244 e. The maximum atomic E-state index is 12.4. The Kier molecular flexibility index (Phi) is 9.21. The van der Waals surface area contributed by atoms with Crippen LogP contribution in [0.25, 0.3) is 0 Å². The number of amides is 1. The van der Waals surface area contributed by atoms with Gasteiger partial charge in [0, 0.05) is 26.7 Å². The topological polar surface area (TPSA) is 171 Å². The van der Waals surface area contributed by atoms with Crippen molar-refractivity contribution in [3.05, 3.63) is 0 Å². The number of nitrogens with one attached hydrogen (secondary N) is 1. The third-order valence-electron chi connectivity index (χ3n) is 5.69. The first kappa shape index (κ1) is 23.9. The summed E-state index contributed by atoms with van der Waals surface area (Å²) >= 11 is 0. The van der Waals surface area contributed by atoms with Crippen LogP contribution in [0.2, 0.25) is 0 Å². The number of aliphatic imine (C=N–C) groups is 1. The first-order valence-electron chi connectivity index (χ1n) is 9.97. The lowest BCUT2D eigenvalue weighted by Gasteiger charge is -2.48. The summed E-state index contributed by atoms with van der Waals surface area (Å²) < 4.78 is 17.6. The minimum atomic E-state index is -1.08. The van der Waals surface area contributed by atoms with Crippen molar-refractivity contribution in [2.75, 3.05) is 34.3 Å². The number of aliphatic hydroxyl groups is 1. The molecule has 0 unspecified atom stereocenters. The summed E-state index contributed by atoms with van der Waals surface area (Å²) in [6, 6.07) is -1.48. The highest BCUT2D eigenvalue weighted by Gasteiger charge is 2.48. The van der Waals surface area contributed by atoms with E-state index in [1.54, 1.807) is 7.05 Å². The van der Waals surface area contributed by atoms with E-state index in [1.807, 2.05) is 7.05 Å². The zero-order valence-electron chi connectivity index (χ0n) is 17.4. The summed E-state index contributed by atoms with van der Waals surface area (Å²) in [7, 11) is 4.97. The quantitative estimate of drug-likeness (QED) is 0.209. The fourth-order valence-electron chi connectivity index (χ4n) is 4.05. The number of aliphatic hydroxyl groups excluding tert-OH is 1. The number of likely N-dealkylation sites (N-methyl/N-ethyl adjacent to an activating group) is 2. The molecule has 0 aromatic carbocycles. The largest absolute Gasteiger partial charge is 0.390 e. The zero-order valence-corrected chi connectivity index (χ0v) is 17.4. The molecule has 168 valence electrons. The SMILES string of the molecule is CNC[C@@H]1CC[C@@H](N)[C@@H](O[C@H]2[C@H](O)[C@H](N(C)C(=O)CN=CN)[C@@H](OC)C[C@H]2N)O1. The van der Waals surface area contributed by atoms with E-state index < -0.39 is 36.7 Å². The first-order chi connectivity index (χ1) is 13.8. The highest BCUT2D eigenvalue weighted by molar-refractivity contribution is 5.79. The first-order valence-corrected chi connectivity index (χ1v) is 9.97. The van der Waals surface area contributed by atoms with Gasteiger partial charge in [-0.1, -0.05) is 0 Å². The maximum absolute atomic E-state index is 12.4. The van der Waals surface area contributed by atoms with Gasteiger partial charge in [-0.05, 0) is 26.3 Å². The summed E-state index contributed by atoms with van der Waals surface area (Å²) in [6.07, 6.45) is 0.0454. The molecule has 1 amide bonds. The van der Waals surface area contributed by atoms with Crippen molar-refractivity contribution in [1.82, 2.24) is 10.2 Å². The Balaban J connectivity index is 2.13. The van der Waals surface area contributed by atoms with Crippen LogP contribution in [-0.4, -0.2) is 105 Å². The van der Waals surface area contributed by atoms with Crippen molar-refractivity contribution in [1.29, 1.82) is 0 Å². The highest BCUT2D eigenvalue weighted by Crippen LogP contribution is 2.30. The van der Waals surface area contributed by atoms with Crippen LogP contribution in [0.5, 0.6) is 0 Å². The summed E-state index contributed by atoms with van der Waals surface area (Å²) in [5.74, 6) is -0.299. The molecule has 2 fully saturated rings. The lowest BCUT2D eigenvalue weighted by atomic mass is 9.83. The molecule has 1 saturated carbocycles. The Morgan fingerprint density at radius 2 is 2.10 bits per heavy atom. The molecular weight excluding hydrogens is 380 g/mol. The van der Waals surface area contributed by atoms with Crippen LogP contribution in [0.15, 0.2) is 4.99 Å². The van der Waals surface area contributed by atoms with Crippen molar-refractivity contribution >= 4 is 12.2 Å². The zero-order chi connectivity index (χ0) is 21.6. The fourth-order valence-corrected chi connectivity index (χ4v) is 4.05. The number of hydrogen-bond acceptors (Lipinski definition) is 9. The Morgan fingerprint density at radius 3 is 2.72 bits per heavy atom. The summed E-state index contributed by atoms with van der Waals surface area (Å²) in [5.41, 5.74) is 17.7. The predicted octanol–water partition coefficient (Wildman–Crippen LogP) is -2.66. The number of nitrogens with zero attached hydrogens (tertiary/aromatic N) is 2. The molecule has 29 heavy (non-hydrogen) atoms. The standard InChI is InChI=1S/C18H36N6O5/c1-22-7-10-4-5-11(20)18(28-10)29-17-12(21)6-13(27-3)15(16(17)26)24(2)14(25)8-23-9-19/h9-13,15-18,22,26H,4-8,20-21H2,1-3H3,(H2,19,23)/t10-,11+,12+,13-,15+,16+,17+,18+/m0/s1. The summed E-state index contributed by atoms with van der Waals surface area (Å²) in [5, 5.41) is 14.2. The van der Waals surface area contributed by atoms with Gasteiger partial charge in [-0.25, -0.2) is 0 Å². The minimum Gasteiger partial charge on any atom is -0.390 e. The molecule has 0 aromatic rings. The molecule has 11 heteroatoms. The molecule has 0 spiro atoms. The lowest BCUT2D eigenvalue weighted by Crippen LogP contribution is -2.66. The molecule has 0 radical (unpaired) electrons. The van der Waals surface area contributed by atoms with Gasteiger partial charge in [0.1, 0.15) is 18.8 Å². The van der Waals surface area contributed by atoms with Gasteiger partial charge in [0.05, 0.1) is 30.6 Å². The van der Waals surface area contributed by atoms with Gasteiger partial charge in [0.25, 0.3) is 0 Å². The third kappa shape index (κ3) is 5.85. The van der Waals surface area contributed by atoms with Crippen LogP contribution in [-0.2, 0) is 19.0 Å². The number of hydrogen-bond donors (Lipinski definition) is 5. The van der Waals surface area contributed by atoms with Gasteiger partial charge >= 0.3 is 0 Å². The van der Waals surface area contributed by atoms with Crippen LogP contribution >= 0.6 is 0 Å². The van der Waals surface area contributed by atoms with E-state index >= 15 is 0 Å². The van der Waals surface area contributed by atoms with Crippen LogP contribution in [0, 0.1) is 0 Å². The molecule has 1 heterocycles. The summed E-state index contributed by atoms with van der Waals surface area (Å²) in [4.78, 5) is 17.6. The molecular formula is C18H36N6O5. The Labute approximate surface area is 171 Å². The highest BCUT2D eigenvalue weighted by atomic mass is 16.7. The molecule has 0 bridgehead atoms. The van der Waals surface area contributed by atoms with Crippen LogP contribution < -0.4 is 22.5 Å². The lowest BCUT2D eigenvalue weighted by molar-refractivity contribution is -0.254. The van der Waals surface area contributed by atoms with E-state index in [1.165, 1.54) is 12.0 Å². The molecule has 1 aliphatic heterocycles. The summed E-state index contributed by atoms with van der Waals surface area (Å²) in [6.45, 7) is 0.561. The number of carbonyl (C=O) groups is 1. The molecule has 2 rings (SSSR count). The molecule has 2 aliphatic rings. The van der Waals surface area contributed by atoms with E-state index in [0.29, 0.717) is 13.0 Å². The molecule has 8 atom stereocenters. The maximum Gasteiger partial charge on any atom is 0.244 e. The van der Waals surface area contributed by atoms with Gasteiger partial charge in [0.2, 0.25) is 5.91 Å². The minimum absolute atomic E-state index is 0.0253. The number of ether oxygens (including phenoxy) is 3. The molecule has 8 N–H and O–H groups in total. The second kappa shape index (κ2) is 11.2. The van der Waals surface area contributed by atoms with Crippen LogP contribution in [0.4, 0.5) is 0 Å². The number of carbonyl (C=O) groups excluding carboxylic acids is 1. The van der Waals surface area contributed by atoms with Gasteiger partial charge in [-0.2, -0.15) is 0 Å². The van der Waals surface area contributed by atoms with E-state index in [2.05, 4.69) is 10.3 Å². The molecule has 0 aromatic heterocycles.